The minimum absolute atomic E-state index is 0.763. The van der Waals surface area contributed by atoms with Gasteiger partial charge >= 0.3 is 11.9 Å². The van der Waals surface area contributed by atoms with Gasteiger partial charge in [-0.15, -0.1) is 11.3 Å². The van der Waals surface area contributed by atoms with Crippen molar-refractivity contribution < 1.29 is 19.8 Å². The molecule has 0 unspecified atom stereocenters. The number of carboxylic acid groups (broad SMARTS) is 2. The summed E-state index contributed by atoms with van der Waals surface area (Å²) in [5.41, 5.74) is 5.32. The number of aromatic nitrogens is 1. The number of rotatable bonds is 3. The van der Waals surface area contributed by atoms with E-state index in [0.717, 1.165) is 19.4 Å². The highest BCUT2D eigenvalue weighted by molar-refractivity contribution is 7.09. The van der Waals surface area contributed by atoms with E-state index >= 15 is 0 Å². The normalized spacial score (nSPS) is 8.87. The van der Waals surface area contributed by atoms with Crippen molar-refractivity contribution in [3.05, 3.63) is 16.6 Å². The molecule has 0 radical (unpaired) electrons. The zero-order chi connectivity index (χ0) is 11.7. The van der Waals surface area contributed by atoms with Crippen LogP contribution in [-0.4, -0.2) is 33.7 Å². The number of thiazole rings is 1. The minimum Gasteiger partial charge on any atom is -0.473 e. The molecule has 0 aromatic carbocycles. The lowest BCUT2D eigenvalue weighted by Gasteiger charge is -1.89. The van der Waals surface area contributed by atoms with Gasteiger partial charge < -0.3 is 15.9 Å². The third-order valence-corrected chi connectivity index (χ3v) is 2.10. The highest BCUT2D eigenvalue weighted by Crippen LogP contribution is 2.05. The van der Waals surface area contributed by atoms with E-state index in [1.54, 1.807) is 11.3 Å². The maximum atomic E-state index is 9.10. The summed E-state index contributed by atoms with van der Waals surface area (Å²) in [6, 6.07) is 0. The molecule has 15 heavy (non-hydrogen) atoms. The van der Waals surface area contributed by atoms with E-state index in [0.29, 0.717) is 0 Å². The van der Waals surface area contributed by atoms with Crippen LogP contribution in [0.15, 0.2) is 11.6 Å². The summed E-state index contributed by atoms with van der Waals surface area (Å²) in [5, 5.41) is 18.0. The number of nitrogens with two attached hydrogens (primary N) is 1. The Labute approximate surface area is 90.4 Å². The molecule has 0 aliphatic heterocycles. The van der Waals surface area contributed by atoms with E-state index in [4.69, 9.17) is 25.5 Å². The fourth-order valence-electron chi connectivity index (χ4n) is 0.630. The zero-order valence-corrected chi connectivity index (χ0v) is 8.74. The first kappa shape index (κ1) is 13.5. The van der Waals surface area contributed by atoms with Gasteiger partial charge in [-0.3, -0.25) is 0 Å². The number of carboxylic acids is 2. The predicted molar refractivity (Wildman–Crippen MR) is 54.8 cm³/mol. The van der Waals surface area contributed by atoms with Crippen LogP contribution < -0.4 is 5.73 Å². The molecule has 1 aromatic rings. The topological polar surface area (TPSA) is 114 Å². The lowest BCUT2D eigenvalue weighted by Crippen LogP contribution is -2.09. The molecule has 4 N–H and O–H groups in total. The Balaban J connectivity index is 0.000000288. The maximum absolute atomic E-state index is 9.10. The molecule has 0 fully saturated rings. The molecule has 1 rings (SSSR count). The Morgan fingerprint density at radius 3 is 2.33 bits per heavy atom. The molecule has 0 saturated carbocycles. The fourth-order valence-corrected chi connectivity index (χ4v) is 1.29. The van der Waals surface area contributed by atoms with E-state index < -0.39 is 11.9 Å². The standard InChI is InChI=1S/C6H10N2S.C2H2O4/c7-3-1-2-6-8-4-5-9-6;3-1(4)2(5)6/h4-5H,1-3,7H2;(H,3,4)(H,5,6). The van der Waals surface area contributed by atoms with E-state index in [2.05, 4.69) is 4.98 Å². The Hall–Kier alpha value is -1.47. The number of carbonyl (C=O) groups is 2. The average molecular weight is 232 g/mol. The van der Waals surface area contributed by atoms with Crippen LogP contribution in [0.1, 0.15) is 11.4 Å². The smallest absolute Gasteiger partial charge is 0.414 e. The van der Waals surface area contributed by atoms with Crippen LogP contribution >= 0.6 is 11.3 Å². The highest BCUT2D eigenvalue weighted by Gasteiger charge is 2.04. The molecule has 6 nitrogen and oxygen atoms in total. The summed E-state index contributed by atoms with van der Waals surface area (Å²) in [7, 11) is 0. The minimum atomic E-state index is -1.82. The van der Waals surface area contributed by atoms with Crippen molar-refractivity contribution in [3.8, 4) is 0 Å². The lowest BCUT2D eigenvalue weighted by molar-refractivity contribution is -0.159. The fraction of sp³-hybridized carbons (Fsp3) is 0.375. The second-order valence-corrected chi connectivity index (χ2v) is 3.41. The molecule has 0 bridgehead atoms. The van der Waals surface area contributed by atoms with Crippen LogP contribution in [0, 0.1) is 0 Å². The van der Waals surface area contributed by atoms with Crippen molar-refractivity contribution in [2.75, 3.05) is 6.54 Å². The van der Waals surface area contributed by atoms with E-state index in [-0.39, 0.29) is 0 Å². The predicted octanol–water partition coefficient (Wildman–Crippen LogP) is 0.190. The van der Waals surface area contributed by atoms with Gasteiger partial charge in [0.1, 0.15) is 0 Å². The van der Waals surface area contributed by atoms with Crippen LogP contribution in [0.5, 0.6) is 0 Å². The second kappa shape index (κ2) is 7.89. The molecule has 0 aliphatic carbocycles. The third-order valence-electron chi connectivity index (χ3n) is 1.26. The van der Waals surface area contributed by atoms with Crippen LogP contribution in [0.4, 0.5) is 0 Å². The zero-order valence-electron chi connectivity index (χ0n) is 7.92. The summed E-state index contributed by atoms with van der Waals surface area (Å²) in [5.74, 6) is -3.65. The molecular formula is C8H12N2O4S. The van der Waals surface area contributed by atoms with Crippen molar-refractivity contribution in [1.82, 2.24) is 4.98 Å². The lowest BCUT2D eigenvalue weighted by atomic mass is 10.3. The quantitative estimate of drug-likeness (QED) is 0.641. The number of nitrogens with zero attached hydrogens (tertiary/aromatic N) is 1. The number of hydrogen-bond acceptors (Lipinski definition) is 5. The number of hydrogen-bond donors (Lipinski definition) is 3. The first-order valence-electron chi connectivity index (χ1n) is 4.12. The van der Waals surface area contributed by atoms with Crippen molar-refractivity contribution in [2.24, 2.45) is 5.73 Å². The molecule has 1 heterocycles. The molecule has 7 heteroatoms. The summed E-state index contributed by atoms with van der Waals surface area (Å²) >= 11 is 1.70. The molecule has 1 aromatic heterocycles. The van der Waals surface area contributed by atoms with Crippen LogP contribution in [0.3, 0.4) is 0 Å². The highest BCUT2D eigenvalue weighted by atomic mass is 32.1. The molecule has 0 saturated heterocycles. The van der Waals surface area contributed by atoms with Gasteiger partial charge in [0.05, 0.1) is 5.01 Å². The second-order valence-electron chi connectivity index (χ2n) is 2.43. The maximum Gasteiger partial charge on any atom is 0.414 e. The molecule has 0 aliphatic rings. The SMILES string of the molecule is NCCCc1nccs1.O=C(O)C(=O)O. The van der Waals surface area contributed by atoms with Crippen LogP contribution in [-0.2, 0) is 16.0 Å². The van der Waals surface area contributed by atoms with Gasteiger partial charge in [0, 0.05) is 18.0 Å². The molecule has 0 spiro atoms. The first-order chi connectivity index (χ1) is 7.07. The number of aryl methyl sites for hydroxylation is 1. The van der Waals surface area contributed by atoms with Gasteiger partial charge in [-0.25, -0.2) is 14.6 Å². The largest absolute Gasteiger partial charge is 0.473 e. The van der Waals surface area contributed by atoms with Gasteiger partial charge in [-0.05, 0) is 13.0 Å². The van der Waals surface area contributed by atoms with Gasteiger partial charge in [-0.1, -0.05) is 0 Å². The molecule has 0 amide bonds. The Morgan fingerprint density at radius 1 is 1.40 bits per heavy atom. The van der Waals surface area contributed by atoms with Gasteiger partial charge in [-0.2, -0.15) is 0 Å². The van der Waals surface area contributed by atoms with Crippen LogP contribution in [0.2, 0.25) is 0 Å². The Kier molecular flexibility index (Phi) is 7.12. The molecular weight excluding hydrogens is 220 g/mol. The van der Waals surface area contributed by atoms with Gasteiger partial charge in [0.25, 0.3) is 0 Å². The Bertz CT molecular complexity index is 288. The summed E-state index contributed by atoms with van der Waals surface area (Å²) in [6.45, 7) is 0.763. The van der Waals surface area contributed by atoms with Crippen molar-refractivity contribution >= 4 is 23.3 Å². The van der Waals surface area contributed by atoms with Crippen molar-refractivity contribution in [3.63, 3.8) is 0 Å². The van der Waals surface area contributed by atoms with Gasteiger partial charge in [0.2, 0.25) is 0 Å². The monoisotopic (exact) mass is 232 g/mol. The summed E-state index contributed by atoms with van der Waals surface area (Å²) in [6.07, 6.45) is 3.91. The molecule has 0 atom stereocenters. The van der Waals surface area contributed by atoms with E-state index in [1.165, 1.54) is 5.01 Å². The Morgan fingerprint density at radius 2 is 2.00 bits per heavy atom. The van der Waals surface area contributed by atoms with Gasteiger partial charge in [0.15, 0.2) is 0 Å². The van der Waals surface area contributed by atoms with Crippen LogP contribution in [0.25, 0.3) is 0 Å². The van der Waals surface area contributed by atoms with Crippen molar-refractivity contribution in [2.45, 2.75) is 12.8 Å². The van der Waals surface area contributed by atoms with E-state index in [1.807, 2.05) is 11.6 Å². The summed E-state index contributed by atoms with van der Waals surface area (Å²) < 4.78 is 0. The van der Waals surface area contributed by atoms with Crippen molar-refractivity contribution in [1.29, 1.82) is 0 Å². The third kappa shape index (κ3) is 7.59. The molecule has 84 valence electrons. The average Bonchev–Trinajstić information content (AvgIpc) is 2.68. The summed E-state index contributed by atoms with van der Waals surface area (Å²) in [4.78, 5) is 22.3. The van der Waals surface area contributed by atoms with E-state index in [9.17, 15) is 0 Å². The number of aliphatic carboxylic acids is 2. The first-order valence-corrected chi connectivity index (χ1v) is 5.00.